The van der Waals surface area contributed by atoms with E-state index in [1.807, 2.05) is 40.0 Å². The molecule has 17 heteroatoms. The first kappa shape index (κ1) is 38.1. The van der Waals surface area contributed by atoms with Crippen molar-refractivity contribution in [3.8, 4) is 11.5 Å². The number of rotatable bonds is 6. The van der Waals surface area contributed by atoms with Gasteiger partial charge in [-0.3, -0.25) is 24.3 Å². The molecule has 12 nitrogen and oxygen atoms in total. The monoisotopic (exact) mass is 766 g/mol. The molecule has 0 saturated carbocycles. The average molecular weight is 768 g/mol. The molecule has 0 unspecified atom stereocenters. The van der Waals surface area contributed by atoms with Crippen molar-refractivity contribution in [2.45, 2.75) is 53.4 Å². The fourth-order valence-corrected chi connectivity index (χ4v) is 5.96. The lowest BCUT2D eigenvalue weighted by Gasteiger charge is -2.13. The van der Waals surface area contributed by atoms with Gasteiger partial charge in [0, 0.05) is 58.6 Å². The highest BCUT2D eigenvalue weighted by Gasteiger charge is 2.23. The van der Waals surface area contributed by atoms with E-state index in [4.69, 9.17) is 32.5 Å². The van der Waals surface area contributed by atoms with E-state index in [0.717, 1.165) is 74.0 Å². The molecule has 4 aromatic heterocycles. The lowest BCUT2D eigenvalue weighted by atomic mass is 10.0. The Labute approximate surface area is 303 Å². The SMILES string of the molecule is COc1c(C)cnc(CC2=CCc3c(Cl)nc(N)nc32)c1C.COc1c(C)cnc(CC2=CCc3c2nc(N)[nH]c3=O)c1C.O=P(Cl)(Cl)Cl. The number of aromatic nitrogens is 6. The quantitative estimate of drug-likeness (QED) is 0.132. The lowest BCUT2D eigenvalue weighted by Crippen LogP contribution is -2.17. The number of halogens is 4. The van der Waals surface area contributed by atoms with Gasteiger partial charge in [0.05, 0.1) is 37.0 Å². The Balaban J connectivity index is 0.000000194. The summed E-state index contributed by atoms with van der Waals surface area (Å²) >= 11 is 20.0. The Morgan fingerprint density at radius 3 is 1.71 bits per heavy atom. The van der Waals surface area contributed by atoms with Crippen LogP contribution in [0.4, 0.5) is 11.9 Å². The summed E-state index contributed by atoms with van der Waals surface area (Å²) in [5, 5.41) is -2.79. The number of anilines is 2. The smallest absolute Gasteiger partial charge is 0.339 e. The van der Waals surface area contributed by atoms with E-state index < -0.39 is 5.20 Å². The van der Waals surface area contributed by atoms with Gasteiger partial charge < -0.3 is 20.9 Å². The predicted octanol–water partition coefficient (Wildman–Crippen LogP) is 7.28. The maximum absolute atomic E-state index is 11.9. The number of pyridine rings is 2. The van der Waals surface area contributed by atoms with Crippen LogP contribution in [-0.2, 0) is 30.2 Å². The summed E-state index contributed by atoms with van der Waals surface area (Å²) < 4.78 is 20.4. The van der Waals surface area contributed by atoms with Crippen molar-refractivity contribution in [2.75, 3.05) is 25.7 Å². The van der Waals surface area contributed by atoms with E-state index in [1.54, 1.807) is 20.4 Å². The van der Waals surface area contributed by atoms with Crippen LogP contribution in [0.3, 0.4) is 0 Å². The molecule has 4 aromatic rings. The average Bonchev–Trinajstić information content (AvgIpc) is 3.60. The predicted molar refractivity (Wildman–Crippen MR) is 197 cm³/mol. The zero-order valence-electron chi connectivity index (χ0n) is 27.6. The van der Waals surface area contributed by atoms with E-state index in [1.165, 1.54) is 0 Å². The van der Waals surface area contributed by atoms with E-state index in [0.29, 0.717) is 35.7 Å². The van der Waals surface area contributed by atoms with Crippen LogP contribution >= 0.6 is 50.5 Å². The van der Waals surface area contributed by atoms with Crippen molar-refractivity contribution in [1.29, 1.82) is 0 Å². The Hall–Kier alpha value is -3.67. The third kappa shape index (κ3) is 9.32. The Morgan fingerprint density at radius 2 is 1.24 bits per heavy atom. The third-order valence-corrected chi connectivity index (χ3v) is 8.25. The molecule has 0 amide bonds. The second kappa shape index (κ2) is 15.9. The van der Waals surface area contributed by atoms with Gasteiger partial charge in [-0.05, 0) is 85.4 Å². The molecule has 2 aliphatic rings. The molecule has 0 fully saturated rings. The molecule has 2 aliphatic carbocycles. The normalized spacial score (nSPS) is 12.9. The number of nitrogens with zero attached hydrogens (tertiary/aromatic N) is 5. The Morgan fingerprint density at radius 1 is 0.796 bits per heavy atom. The van der Waals surface area contributed by atoms with Crippen LogP contribution in [0.5, 0.6) is 11.5 Å². The van der Waals surface area contributed by atoms with Crippen LogP contribution < -0.4 is 26.5 Å². The van der Waals surface area contributed by atoms with Crippen molar-refractivity contribution in [3.63, 3.8) is 0 Å². The van der Waals surface area contributed by atoms with Gasteiger partial charge in [-0.25, -0.2) is 15.0 Å². The molecule has 0 atom stereocenters. The molecular weight excluding hydrogens is 733 g/mol. The zero-order chi connectivity index (χ0) is 36.2. The molecule has 5 N–H and O–H groups in total. The van der Waals surface area contributed by atoms with Crippen molar-refractivity contribution >= 4 is 73.6 Å². The number of aryl methyl sites for hydroxylation is 2. The van der Waals surface area contributed by atoms with E-state index >= 15 is 0 Å². The number of allylic oxidation sites excluding steroid dienone is 4. The number of fused-ring (bicyclic) bond motifs is 2. The van der Waals surface area contributed by atoms with Crippen LogP contribution in [0, 0.1) is 27.7 Å². The van der Waals surface area contributed by atoms with Crippen molar-refractivity contribution in [2.24, 2.45) is 0 Å². The molecule has 0 bridgehead atoms. The molecule has 4 heterocycles. The summed E-state index contributed by atoms with van der Waals surface area (Å²) in [6.07, 6.45) is 10.3. The van der Waals surface area contributed by atoms with E-state index in [9.17, 15) is 9.36 Å². The van der Waals surface area contributed by atoms with Crippen molar-refractivity contribution < 1.29 is 14.0 Å². The van der Waals surface area contributed by atoms with Crippen LogP contribution in [-0.4, -0.2) is 44.1 Å². The molecule has 0 radical (unpaired) electrons. The van der Waals surface area contributed by atoms with Gasteiger partial charge in [-0.15, -0.1) is 0 Å². The second-order valence-electron chi connectivity index (χ2n) is 11.2. The Bertz CT molecular complexity index is 2070. The van der Waals surface area contributed by atoms with Gasteiger partial charge in [-0.1, -0.05) is 23.8 Å². The fourth-order valence-electron chi connectivity index (χ4n) is 5.70. The number of H-pyrrole nitrogens is 1. The molecule has 0 aromatic carbocycles. The number of ether oxygens (including phenoxy) is 2. The van der Waals surface area contributed by atoms with E-state index in [2.05, 4.69) is 69.7 Å². The maximum Gasteiger partial charge on any atom is 0.339 e. The van der Waals surface area contributed by atoms with Gasteiger partial charge in [0.15, 0.2) is 0 Å². The molecule has 49 heavy (non-hydrogen) atoms. The van der Waals surface area contributed by atoms with Crippen molar-refractivity contribution in [1.82, 2.24) is 29.9 Å². The molecule has 260 valence electrons. The van der Waals surface area contributed by atoms with Crippen molar-refractivity contribution in [3.05, 3.63) is 96.2 Å². The topological polar surface area (TPSA) is 185 Å². The number of nitrogens with one attached hydrogen (secondary N) is 1. The Kier molecular flexibility index (Phi) is 12.4. The number of methoxy groups -OCH3 is 2. The summed E-state index contributed by atoms with van der Waals surface area (Å²) in [5.74, 6) is 2.07. The van der Waals surface area contributed by atoms with Gasteiger partial charge in [-0.2, -0.15) is 0 Å². The highest BCUT2D eigenvalue weighted by atomic mass is 36.0. The number of nitrogens with two attached hydrogens (primary N) is 2. The van der Waals surface area contributed by atoms with Gasteiger partial charge in [0.25, 0.3) is 5.56 Å². The minimum absolute atomic E-state index is 0.141. The van der Waals surface area contributed by atoms with Crippen LogP contribution in [0.15, 0.2) is 29.3 Å². The maximum atomic E-state index is 11.9. The molecule has 6 rings (SSSR count). The van der Waals surface area contributed by atoms with Gasteiger partial charge >= 0.3 is 5.20 Å². The summed E-state index contributed by atoms with van der Waals surface area (Å²) in [4.78, 5) is 36.1. The molecule has 0 saturated heterocycles. The first-order valence-electron chi connectivity index (χ1n) is 14.8. The fraction of sp³-hybridized carbons (Fsp3) is 0.312. The lowest BCUT2D eigenvalue weighted by molar-refractivity contribution is 0.407. The third-order valence-electron chi connectivity index (χ3n) is 7.94. The van der Waals surface area contributed by atoms with Gasteiger partial charge in [0.2, 0.25) is 11.9 Å². The summed E-state index contributed by atoms with van der Waals surface area (Å²) in [5.41, 5.74) is 22.3. The van der Waals surface area contributed by atoms with Crippen LogP contribution in [0.1, 0.15) is 56.2 Å². The largest absolute Gasteiger partial charge is 0.496 e. The number of nitrogen functional groups attached to an aromatic ring is 2. The van der Waals surface area contributed by atoms with Crippen LogP contribution in [0.25, 0.3) is 11.1 Å². The highest BCUT2D eigenvalue weighted by Crippen LogP contribution is 2.61. The molecule has 0 aliphatic heterocycles. The number of hydrogen-bond acceptors (Lipinski definition) is 11. The molecule has 0 spiro atoms. The first-order valence-corrected chi connectivity index (χ1v) is 19.6. The molecular formula is C32H35Cl4N8O4P. The minimum atomic E-state index is -3.22. The summed E-state index contributed by atoms with van der Waals surface area (Å²) in [7, 11) is 3.34. The highest BCUT2D eigenvalue weighted by molar-refractivity contribution is 8.24. The van der Waals surface area contributed by atoms with Crippen LogP contribution in [0.2, 0.25) is 5.15 Å². The zero-order valence-corrected chi connectivity index (χ0v) is 31.5. The number of aromatic amines is 1. The van der Waals surface area contributed by atoms with Gasteiger partial charge in [0.1, 0.15) is 16.7 Å². The summed E-state index contributed by atoms with van der Waals surface area (Å²) in [6.45, 7) is 7.96. The first-order chi connectivity index (χ1) is 23.0. The number of hydrogen-bond donors (Lipinski definition) is 3. The summed E-state index contributed by atoms with van der Waals surface area (Å²) in [6, 6.07) is 0. The second-order valence-corrected chi connectivity index (χ2v) is 18.2. The standard InChI is InChI=1S/C16H17ClN4O.C16H18N4O2.Cl3OP/c1-8-7-19-12(9(2)14(8)22-3)6-10-4-5-11-13(10)20-16(18)21-15(11)17;1-8-7-18-12(9(2)14(8)22-3)6-10-4-5-11-13(10)19-16(17)20-15(11)21;1-5(2,3)4/h4,7H,5-6H2,1-3H3,(H2,18,20,21);4,7H,5-6H2,1-3H3,(H3,17,19,20,21);. The van der Waals surface area contributed by atoms with E-state index in [-0.39, 0.29) is 17.5 Å². The minimum Gasteiger partial charge on any atom is -0.496 e.